The molecule has 8 nitrogen and oxygen atoms in total. The number of anilines is 2. The Morgan fingerprint density at radius 3 is 2.69 bits per heavy atom. The molecule has 2 fully saturated rings. The van der Waals surface area contributed by atoms with E-state index in [0.29, 0.717) is 31.6 Å². The predicted octanol–water partition coefficient (Wildman–Crippen LogP) is 3.24. The van der Waals surface area contributed by atoms with Crippen molar-refractivity contribution < 1.29 is 4.79 Å². The highest BCUT2D eigenvalue weighted by atomic mass is 16.2. The summed E-state index contributed by atoms with van der Waals surface area (Å²) in [5.41, 5.74) is 2.64. The zero-order valence-corrected chi connectivity index (χ0v) is 21.1. The number of likely N-dealkylation sites (tertiary alicyclic amines) is 1. The van der Waals surface area contributed by atoms with Gasteiger partial charge in [0.05, 0.1) is 0 Å². The van der Waals surface area contributed by atoms with E-state index in [4.69, 9.17) is 0 Å². The number of amides is 1. The maximum absolute atomic E-state index is 13.0. The Labute approximate surface area is 207 Å². The topological polar surface area (TPSA) is 93.4 Å². The van der Waals surface area contributed by atoms with Crippen LogP contribution in [0.15, 0.2) is 47.5 Å². The molecule has 1 aliphatic carbocycles. The van der Waals surface area contributed by atoms with Crippen LogP contribution >= 0.6 is 0 Å². The summed E-state index contributed by atoms with van der Waals surface area (Å²) >= 11 is 0. The van der Waals surface area contributed by atoms with Gasteiger partial charge in [-0.05, 0) is 55.4 Å². The van der Waals surface area contributed by atoms with Crippen LogP contribution in [0.25, 0.3) is 11.1 Å². The Hall–Kier alpha value is -3.13. The van der Waals surface area contributed by atoms with Crippen LogP contribution in [-0.4, -0.2) is 66.1 Å². The van der Waals surface area contributed by atoms with E-state index in [1.807, 2.05) is 36.2 Å². The van der Waals surface area contributed by atoms with E-state index in [1.54, 1.807) is 18.5 Å². The lowest BCUT2D eigenvalue weighted by molar-refractivity contribution is -0.127. The average molecular weight is 479 g/mol. The third kappa shape index (κ3) is 6.72. The zero-order chi connectivity index (χ0) is 24.8. The van der Waals surface area contributed by atoms with Crippen molar-refractivity contribution in [2.45, 2.75) is 51.6 Å². The van der Waals surface area contributed by atoms with Crippen molar-refractivity contribution in [3.05, 3.63) is 53.1 Å². The number of carbonyl (C=O) groups excluding carboxylic acids is 1. The van der Waals surface area contributed by atoms with Gasteiger partial charge in [-0.2, -0.15) is 0 Å². The summed E-state index contributed by atoms with van der Waals surface area (Å²) in [6.07, 6.45) is 11.3. The molecule has 2 aliphatic rings. The van der Waals surface area contributed by atoms with Crippen molar-refractivity contribution >= 4 is 17.4 Å². The maximum atomic E-state index is 13.0. The Bertz CT molecular complexity index is 1080. The standard InChI is InChI=1S/C27H38N6O2/c1-19(2)29-11-4-5-26(34)32-13-9-23(10-14-32)33(18-20-6-7-20)24-15-22(17-31-27(24)35)21-8-12-30-25(16-21)28-3/h4-5,8,12,15-17,19-20,23,29H,6-7,9-11,13-14,18H2,1-3H3,(H,28,30)(H,31,35). The highest BCUT2D eigenvalue weighted by Gasteiger charge is 2.32. The van der Waals surface area contributed by atoms with E-state index in [1.165, 1.54) is 12.8 Å². The Balaban J connectivity index is 1.47. The number of nitrogens with zero attached hydrogens (tertiary/aromatic N) is 3. The highest BCUT2D eigenvalue weighted by molar-refractivity contribution is 5.87. The highest BCUT2D eigenvalue weighted by Crippen LogP contribution is 2.34. The molecule has 188 valence electrons. The number of aromatic nitrogens is 2. The third-order valence-corrected chi connectivity index (χ3v) is 6.82. The van der Waals surface area contributed by atoms with Gasteiger partial charge in [0.15, 0.2) is 0 Å². The SMILES string of the molecule is CNc1cc(-c2c[nH]c(=O)c(N(CC3CC3)C3CCN(C(=O)C=CCNC(C)C)CC3)c2)ccn1. The number of piperidine rings is 1. The second-order valence-corrected chi connectivity index (χ2v) is 9.90. The molecule has 1 amide bonds. The normalized spacial score (nSPS) is 16.7. The van der Waals surface area contributed by atoms with Crippen LogP contribution in [0, 0.1) is 5.92 Å². The molecule has 1 saturated heterocycles. The zero-order valence-electron chi connectivity index (χ0n) is 21.1. The van der Waals surface area contributed by atoms with Gasteiger partial charge >= 0.3 is 0 Å². The van der Waals surface area contributed by atoms with E-state index in [9.17, 15) is 9.59 Å². The number of hydrogen-bond acceptors (Lipinski definition) is 6. The summed E-state index contributed by atoms with van der Waals surface area (Å²) in [5.74, 6) is 1.50. The lowest BCUT2D eigenvalue weighted by atomic mass is 10.0. The molecule has 2 aromatic rings. The summed E-state index contributed by atoms with van der Waals surface area (Å²) in [5, 5.41) is 6.36. The molecular formula is C27H38N6O2. The molecule has 3 heterocycles. The van der Waals surface area contributed by atoms with Gasteiger partial charge in [-0.15, -0.1) is 0 Å². The monoisotopic (exact) mass is 478 g/mol. The molecule has 0 radical (unpaired) electrons. The molecule has 4 rings (SSSR count). The molecular weight excluding hydrogens is 440 g/mol. The summed E-state index contributed by atoms with van der Waals surface area (Å²) in [4.78, 5) is 37.1. The molecule has 35 heavy (non-hydrogen) atoms. The smallest absolute Gasteiger partial charge is 0.271 e. The molecule has 2 aromatic heterocycles. The molecule has 0 aromatic carbocycles. The fourth-order valence-electron chi connectivity index (χ4n) is 4.59. The van der Waals surface area contributed by atoms with Crippen molar-refractivity contribution in [3.63, 3.8) is 0 Å². The van der Waals surface area contributed by atoms with Gasteiger partial charge in [0.2, 0.25) is 5.91 Å². The van der Waals surface area contributed by atoms with Crippen molar-refractivity contribution in [1.29, 1.82) is 0 Å². The number of aromatic amines is 1. The number of hydrogen-bond donors (Lipinski definition) is 3. The Morgan fingerprint density at radius 1 is 1.23 bits per heavy atom. The molecule has 1 saturated carbocycles. The number of H-pyrrole nitrogens is 1. The molecule has 0 atom stereocenters. The first-order chi connectivity index (χ1) is 16.9. The summed E-state index contributed by atoms with van der Waals surface area (Å²) in [7, 11) is 1.84. The maximum Gasteiger partial charge on any atom is 0.271 e. The van der Waals surface area contributed by atoms with Gasteiger partial charge in [-0.1, -0.05) is 19.9 Å². The van der Waals surface area contributed by atoms with Crippen LogP contribution in [0.2, 0.25) is 0 Å². The number of nitrogens with one attached hydrogen (secondary N) is 3. The largest absolute Gasteiger partial charge is 0.373 e. The van der Waals surface area contributed by atoms with E-state index < -0.39 is 0 Å². The first-order valence-corrected chi connectivity index (χ1v) is 12.8. The minimum absolute atomic E-state index is 0.0589. The molecule has 1 aliphatic heterocycles. The van der Waals surface area contributed by atoms with E-state index in [-0.39, 0.29) is 17.5 Å². The van der Waals surface area contributed by atoms with Gasteiger partial charge in [0.1, 0.15) is 11.5 Å². The number of carbonyl (C=O) groups is 1. The van der Waals surface area contributed by atoms with Crippen molar-refractivity contribution in [2.24, 2.45) is 5.92 Å². The molecule has 0 spiro atoms. The Kier molecular flexibility index (Phi) is 8.23. The minimum atomic E-state index is -0.0589. The second-order valence-electron chi connectivity index (χ2n) is 9.90. The number of rotatable bonds is 10. The van der Waals surface area contributed by atoms with Gasteiger partial charge < -0.3 is 25.4 Å². The van der Waals surface area contributed by atoms with Crippen LogP contribution in [0.5, 0.6) is 0 Å². The van der Waals surface area contributed by atoms with Crippen LogP contribution in [0.3, 0.4) is 0 Å². The van der Waals surface area contributed by atoms with Crippen molar-refractivity contribution in [3.8, 4) is 11.1 Å². The van der Waals surface area contributed by atoms with Crippen LogP contribution < -0.4 is 21.1 Å². The third-order valence-electron chi connectivity index (χ3n) is 6.82. The van der Waals surface area contributed by atoms with Crippen LogP contribution in [0.1, 0.15) is 39.5 Å². The fraction of sp³-hybridized carbons (Fsp3) is 0.519. The average Bonchev–Trinajstić information content (AvgIpc) is 3.70. The van der Waals surface area contributed by atoms with Crippen LogP contribution in [0.4, 0.5) is 11.5 Å². The van der Waals surface area contributed by atoms with Crippen molar-refractivity contribution in [2.75, 3.05) is 43.4 Å². The first-order valence-electron chi connectivity index (χ1n) is 12.8. The van der Waals surface area contributed by atoms with E-state index in [0.717, 1.165) is 42.0 Å². The van der Waals surface area contributed by atoms with Gasteiger partial charge in [0, 0.05) is 69.3 Å². The summed E-state index contributed by atoms with van der Waals surface area (Å²) < 4.78 is 0. The Morgan fingerprint density at radius 2 is 2.00 bits per heavy atom. The summed E-state index contributed by atoms with van der Waals surface area (Å²) in [6.45, 7) is 7.18. The fourth-order valence-corrected chi connectivity index (χ4v) is 4.59. The molecule has 8 heteroatoms. The lowest BCUT2D eigenvalue weighted by Crippen LogP contribution is -2.48. The quantitative estimate of drug-likeness (QED) is 0.454. The van der Waals surface area contributed by atoms with Crippen molar-refractivity contribution in [1.82, 2.24) is 20.2 Å². The molecule has 0 unspecified atom stereocenters. The van der Waals surface area contributed by atoms with E-state index >= 15 is 0 Å². The number of pyridine rings is 2. The minimum Gasteiger partial charge on any atom is -0.373 e. The molecule has 3 N–H and O–H groups in total. The predicted molar refractivity (Wildman–Crippen MR) is 142 cm³/mol. The molecule has 0 bridgehead atoms. The second kappa shape index (κ2) is 11.5. The van der Waals surface area contributed by atoms with Gasteiger partial charge in [-0.3, -0.25) is 9.59 Å². The van der Waals surface area contributed by atoms with E-state index in [2.05, 4.69) is 39.3 Å². The summed E-state index contributed by atoms with van der Waals surface area (Å²) in [6, 6.07) is 6.59. The first kappa shape index (κ1) is 25.0. The van der Waals surface area contributed by atoms with Crippen LogP contribution in [-0.2, 0) is 4.79 Å². The lowest BCUT2D eigenvalue weighted by Gasteiger charge is -2.39. The van der Waals surface area contributed by atoms with Gasteiger partial charge in [-0.25, -0.2) is 4.98 Å². The van der Waals surface area contributed by atoms with Gasteiger partial charge in [0.25, 0.3) is 5.56 Å².